The van der Waals surface area contributed by atoms with Crippen molar-refractivity contribution in [2.75, 3.05) is 29.2 Å². The largest absolute Gasteiger partial charge is 0.497 e. The maximum atomic E-state index is 12.3. The van der Waals surface area contributed by atoms with Gasteiger partial charge in [-0.3, -0.25) is 9.59 Å². The van der Waals surface area contributed by atoms with Crippen LogP contribution in [0.5, 0.6) is 5.75 Å². The van der Waals surface area contributed by atoms with Crippen molar-refractivity contribution in [1.29, 1.82) is 0 Å². The zero-order valence-corrected chi connectivity index (χ0v) is 15.6. The quantitative estimate of drug-likeness (QED) is 0.819. The summed E-state index contributed by atoms with van der Waals surface area (Å²) in [5.41, 5.74) is 1.60. The number of benzene rings is 2. The molecule has 0 aromatic heterocycles. The number of sulfone groups is 1. The van der Waals surface area contributed by atoms with Crippen LogP contribution in [-0.2, 0) is 14.6 Å². The van der Waals surface area contributed by atoms with Gasteiger partial charge in [0.05, 0.1) is 24.5 Å². The van der Waals surface area contributed by atoms with Crippen LogP contribution in [0.15, 0.2) is 48.5 Å². The second-order valence-corrected chi connectivity index (χ2v) is 8.58. The molecule has 2 amide bonds. The molecule has 2 aromatic rings. The van der Waals surface area contributed by atoms with E-state index >= 15 is 0 Å². The van der Waals surface area contributed by atoms with Gasteiger partial charge in [-0.05, 0) is 55.0 Å². The van der Waals surface area contributed by atoms with Crippen molar-refractivity contribution >= 4 is 33.0 Å². The van der Waals surface area contributed by atoms with Gasteiger partial charge < -0.3 is 15.4 Å². The summed E-state index contributed by atoms with van der Waals surface area (Å²) in [5, 5.41) is 5.48. The minimum atomic E-state index is -3.11. The van der Waals surface area contributed by atoms with Gasteiger partial charge in [-0.2, -0.15) is 0 Å². The van der Waals surface area contributed by atoms with Crippen LogP contribution in [0.25, 0.3) is 0 Å². The third-order valence-corrected chi connectivity index (χ3v) is 6.13. The van der Waals surface area contributed by atoms with Crippen molar-refractivity contribution < 1.29 is 22.7 Å². The molecule has 0 saturated carbocycles. The molecule has 1 aliphatic heterocycles. The normalized spacial score (nSPS) is 17.9. The van der Waals surface area contributed by atoms with Gasteiger partial charge in [0.1, 0.15) is 5.75 Å². The third kappa shape index (κ3) is 4.85. The van der Waals surface area contributed by atoms with Crippen LogP contribution in [0, 0.1) is 5.92 Å². The van der Waals surface area contributed by atoms with E-state index in [9.17, 15) is 18.0 Å². The molecule has 3 rings (SSSR count). The molecule has 142 valence electrons. The molecule has 8 heteroatoms. The first-order valence-electron chi connectivity index (χ1n) is 8.43. The van der Waals surface area contributed by atoms with E-state index in [-0.39, 0.29) is 23.3 Å². The highest BCUT2D eigenvalue weighted by Crippen LogP contribution is 2.21. The Hall–Kier alpha value is -2.87. The topological polar surface area (TPSA) is 102 Å². The number of anilines is 2. The Labute approximate surface area is 157 Å². The third-order valence-electron chi connectivity index (χ3n) is 4.37. The molecule has 2 aromatic carbocycles. The van der Waals surface area contributed by atoms with Crippen molar-refractivity contribution in [2.45, 2.75) is 6.42 Å². The number of hydrogen-bond donors (Lipinski definition) is 2. The van der Waals surface area contributed by atoms with Crippen molar-refractivity contribution in [3.8, 4) is 5.75 Å². The van der Waals surface area contributed by atoms with E-state index in [1.807, 2.05) is 0 Å². The summed E-state index contributed by atoms with van der Waals surface area (Å²) < 4.78 is 28.0. The summed E-state index contributed by atoms with van der Waals surface area (Å²) >= 11 is 0. The first-order chi connectivity index (χ1) is 12.9. The Kier molecular flexibility index (Phi) is 5.46. The summed E-state index contributed by atoms with van der Waals surface area (Å²) in [6.07, 6.45) is 0.344. The highest BCUT2D eigenvalue weighted by molar-refractivity contribution is 7.91. The van der Waals surface area contributed by atoms with E-state index in [0.29, 0.717) is 29.1 Å². The predicted molar refractivity (Wildman–Crippen MR) is 103 cm³/mol. The average molecular weight is 388 g/mol. The van der Waals surface area contributed by atoms with E-state index < -0.39 is 15.8 Å². The van der Waals surface area contributed by atoms with Gasteiger partial charge in [-0.25, -0.2) is 8.42 Å². The monoisotopic (exact) mass is 388 g/mol. The van der Waals surface area contributed by atoms with E-state index in [1.165, 1.54) is 0 Å². The first kappa shape index (κ1) is 18.9. The van der Waals surface area contributed by atoms with Crippen molar-refractivity contribution in [2.24, 2.45) is 5.92 Å². The Morgan fingerprint density at radius 3 is 2.11 bits per heavy atom. The molecule has 1 heterocycles. The summed E-state index contributed by atoms with van der Waals surface area (Å²) in [6.45, 7) is 0. The number of carbonyl (C=O) groups is 2. The molecule has 7 nitrogen and oxygen atoms in total. The summed E-state index contributed by atoms with van der Waals surface area (Å²) in [7, 11) is -1.54. The van der Waals surface area contributed by atoms with E-state index in [2.05, 4.69) is 10.6 Å². The second kappa shape index (κ2) is 7.79. The van der Waals surface area contributed by atoms with Gasteiger partial charge >= 0.3 is 0 Å². The minimum absolute atomic E-state index is 0.0511. The Morgan fingerprint density at radius 2 is 1.56 bits per heavy atom. The zero-order chi connectivity index (χ0) is 19.4. The maximum absolute atomic E-state index is 12.3. The van der Waals surface area contributed by atoms with Crippen LogP contribution in [0.2, 0.25) is 0 Å². The predicted octanol–water partition coefficient (Wildman–Crippen LogP) is 2.32. The highest BCUT2D eigenvalue weighted by Gasteiger charge is 2.32. The van der Waals surface area contributed by atoms with E-state index in [4.69, 9.17) is 4.74 Å². The lowest BCUT2D eigenvalue weighted by molar-refractivity contribution is -0.119. The highest BCUT2D eigenvalue weighted by atomic mass is 32.2. The Bertz CT molecular complexity index is 937. The maximum Gasteiger partial charge on any atom is 0.255 e. The molecular formula is C19H20N2O5S. The van der Waals surface area contributed by atoms with Crippen LogP contribution in [0.1, 0.15) is 16.8 Å². The lowest BCUT2D eigenvalue weighted by atomic mass is 10.1. The van der Waals surface area contributed by atoms with Crippen LogP contribution in [-0.4, -0.2) is 38.8 Å². The Balaban J connectivity index is 1.59. The van der Waals surface area contributed by atoms with Gasteiger partial charge in [0.15, 0.2) is 9.84 Å². The van der Waals surface area contributed by atoms with Crippen molar-refractivity contribution in [3.63, 3.8) is 0 Å². The lowest BCUT2D eigenvalue weighted by Crippen LogP contribution is -2.23. The molecule has 0 radical (unpaired) electrons. The number of rotatable bonds is 5. The van der Waals surface area contributed by atoms with Gasteiger partial charge in [-0.15, -0.1) is 0 Å². The SMILES string of the molecule is COc1ccc(NC(=O)c2ccc(NC(=O)[C@@H]3CCS(=O)(=O)C3)cc2)cc1. The summed E-state index contributed by atoms with van der Waals surface area (Å²) in [6, 6.07) is 13.4. The van der Waals surface area contributed by atoms with E-state index in [0.717, 1.165) is 0 Å². The van der Waals surface area contributed by atoms with Crippen LogP contribution >= 0.6 is 0 Å². The Morgan fingerprint density at radius 1 is 0.963 bits per heavy atom. The average Bonchev–Trinajstić information content (AvgIpc) is 3.03. The van der Waals surface area contributed by atoms with Gasteiger partial charge in [0, 0.05) is 16.9 Å². The second-order valence-electron chi connectivity index (χ2n) is 6.35. The summed E-state index contributed by atoms with van der Waals surface area (Å²) in [5.74, 6) is -0.473. The van der Waals surface area contributed by atoms with Crippen LogP contribution < -0.4 is 15.4 Å². The zero-order valence-electron chi connectivity index (χ0n) is 14.8. The fraction of sp³-hybridized carbons (Fsp3) is 0.263. The van der Waals surface area contributed by atoms with E-state index in [1.54, 1.807) is 55.6 Å². The molecular weight excluding hydrogens is 368 g/mol. The van der Waals surface area contributed by atoms with Gasteiger partial charge in [0.2, 0.25) is 5.91 Å². The van der Waals surface area contributed by atoms with Crippen molar-refractivity contribution in [1.82, 2.24) is 0 Å². The standard InChI is InChI=1S/C19H20N2O5S/c1-26-17-8-6-16(7-9-17)20-18(22)13-2-4-15(5-3-13)21-19(23)14-10-11-27(24,25)12-14/h2-9,14H,10-12H2,1H3,(H,20,22)(H,21,23)/t14-/m1/s1. The number of methoxy groups -OCH3 is 1. The molecule has 27 heavy (non-hydrogen) atoms. The molecule has 0 aliphatic carbocycles. The molecule has 2 N–H and O–H groups in total. The molecule has 1 atom stereocenters. The first-order valence-corrected chi connectivity index (χ1v) is 10.3. The smallest absolute Gasteiger partial charge is 0.255 e. The fourth-order valence-corrected chi connectivity index (χ4v) is 4.57. The number of nitrogens with one attached hydrogen (secondary N) is 2. The number of ether oxygens (including phenoxy) is 1. The number of carbonyl (C=O) groups excluding carboxylic acids is 2. The minimum Gasteiger partial charge on any atom is -0.497 e. The van der Waals surface area contributed by atoms with Crippen LogP contribution in [0.3, 0.4) is 0 Å². The number of hydrogen-bond acceptors (Lipinski definition) is 5. The molecule has 1 aliphatic rings. The van der Waals surface area contributed by atoms with Crippen molar-refractivity contribution in [3.05, 3.63) is 54.1 Å². The molecule has 0 spiro atoms. The lowest BCUT2D eigenvalue weighted by Gasteiger charge is -2.10. The van der Waals surface area contributed by atoms with Gasteiger partial charge in [-0.1, -0.05) is 0 Å². The fourth-order valence-electron chi connectivity index (χ4n) is 2.83. The number of amides is 2. The molecule has 1 fully saturated rings. The molecule has 0 bridgehead atoms. The summed E-state index contributed by atoms with van der Waals surface area (Å²) in [4.78, 5) is 24.4. The van der Waals surface area contributed by atoms with Gasteiger partial charge in [0.25, 0.3) is 5.91 Å². The van der Waals surface area contributed by atoms with Crippen LogP contribution in [0.4, 0.5) is 11.4 Å². The molecule has 1 saturated heterocycles. The molecule has 0 unspecified atom stereocenters.